The number of hydrogen-bond donors (Lipinski definition) is 2. The van der Waals surface area contributed by atoms with Gasteiger partial charge < -0.3 is 15.5 Å². The summed E-state index contributed by atoms with van der Waals surface area (Å²) in [6.45, 7) is 12.0. The van der Waals surface area contributed by atoms with Crippen LogP contribution < -0.4 is 15.5 Å². The van der Waals surface area contributed by atoms with Crippen LogP contribution >= 0.6 is 0 Å². The number of benzene rings is 1. The molecule has 1 saturated heterocycles. The normalized spacial score (nSPS) is 19.2. The molecule has 5 nitrogen and oxygen atoms in total. The molecule has 0 bridgehead atoms. The monoisotopic (exact) mass is 343 g/mol. The lowest BCUT2D eigenvalue weighted by Crippen LogP contribution is -2.49. The van der Waals surface area contributed by atoms with Gasteiger partial charge in [0.1, 0.15) is 0 Å². The van der Waals surface area contributed by atoms with Crippen molar-refractivity contribution in [2.75, 3.05) is 57.8 Å². The van der Waals surface area contributed by atoms with Crippen molar-refractivity contribution in [3.8, 4) is 0 Å². The summed E-state index contributed by atoms with van der Waals surface area (Å²) in [6.07, 6.45) is 2.74. The van der Waals surface area contributed by atoms with Gasteiger partial charge in [-0.1, -0.05) is 12.1 Å². The van der Waals surface area contributed by atoms with Gasteiger partial charge in [0, 0.05) is 58.5 Å². The number of rotatable bonds is 6. The standard InChI is InChI=1S/C20H33N5/c1-16-5-4-6-19(17(16)2)25-13-11-24(12-14-25)10-9-22-20(21-3)23-15-18-7-8-18/h4-6,18H,7-15H2,1-3H3,(H2,21,22,23). The largest absolute Gasteiger partial charge is 0.369 e. The Labute approximate surface area is 152 Å². The summed E-state index contributed by atoms with van der Waals surface area (Å²) in [7, 11) is 1.85. The Balaban J connectivity index is 1.38. The van der Waals surface area contributed by atoms with Gasteiger partial charge in [-0.25, -0.2) is 0 Å². The van der Waals surface area contributed by atoms with E-state index >= 15 is 0 Å². The van der Waals surface area contributed by atoms with Gasteiger partial charge in [0.15, 0.2) is 5.96 Å². The highest BCUT2D eigenvalue weighted by molar-refractivity contribution is 5.79. The summed E-state index contributed by atoms with van der Waals surface area (Å²) in [5.74, 6) is 1.82. The fraction of sp³-hybridized carbons (Fsp3) is 0.650. The molecule has 1 heterocycles. The third-order valence-corrected chi connectivity index (χ3v) is 5.49. The number of piperazine rings is 1. The quantitative estimate of drug-likeness (QED) is 0.612. The molecule has 3 rings (SSSR count). The molecule has 1 aromatic rings. The van der Waals surface area contributed by atoms with Crippen molar-refractivity contribution in [2.24, 2.45) is 10.9 Å². The van der Waals surface area contributed by atoms with Crippen LogP contribution in [-0.2, 0) is 0 Å². The zero-order chi connectivity index (χ0) is 17.6. The van der Waals surface area contributed by atoms with Crippen LogP contribution in [0.3, 0.4) is 0 Å². The van der Waals surface area contributed by atoms with E-state index in [9.17, 15) is 0 Å². The first-order valence-electron chi connectivity index (χ1n) is 9.65. The predicted octanol–water partition coefficient (Wildman–Crippen LogP) is 2.00. The molecule has 0 unspecified atom stereocenters. The second-order valence-electron chi connectivity index (χ2n) is 7.37. The minimum atomic E-state index is 0.872. The molecule has 1 saturated carbocycles. The van der Waals surface area contributed by atoms with Crippen LogP contribution in [0.2, 0.25) is 0 Å². The average molecular weight is 344 g/mol. The summed E-state index contributed by atoms with van der Waals surface area (Å²) in [6, 6.07) is 6.63. The molecule has 0 spiro atoms. The van der Waals surface area contributed by atoms with Crippen molar-refractivity contribution in [1.82, 2.24) is 15.5 Å². The molecule has 2 N–H and O–H groups in total. The summed E-state index contributed by atoms with van der Waals surface area (Å²) >= 11 is 0. The lowest BCUT2D eigenvalue weighted by molar-refractivity contribution is 0.261. The van der Waals surface area contributed by atoms with Gasteiger partial charge in [-0.3, -0.25) is 9.89 Å². The topological polar surface area (TPSA) is 42.9 Å². The fourth-order valence-electron chi connectivity index (χ4n) is 3.41. The Kier molecular flexibility index (Phi) is 6.19. The van der Waals surface area contributed by atoms with E-state index in [0.29, 0.717) is 0 Å². The third-order valence-electron chi connectivity index (χ3n) is 5.49. The van der Waals surface area contributed by atoms with E-state index in [2.05, 4.69) is 57.5 Å². The molecule has 0 atom stereocenters. The molecule has 0 amide bonds. The highest BCUT2D eigenvalue weighted by Crippen LogP contribution is 2.27. The maximum absolute atomic E-state index is 4.31. The molecule has 0 aromatic heterocycles. The summed E-state index contributed by atoms with van der Waals surface area (Å²) in [5, 5.41) is 6.86. The Morgan fingerprint density at radius 1 is 1.12 bits per heavy atom. The molecule has 1 aliphatic carbocycles. The Morgan fingerprint density at radius 2 is 1.88 bits per heavy atom. The lowest BCUT2D eigenvalue weighted by Gasteiger charge is -2.37. The van der Waals surface area contributed by atoms with E-state index < -0.39 is 0 Å². The molecule has 5 heteroatoms. The highest BCUT2D eigenvalue weighted by Gasteiger charge is 2.21. The summed E-state index contributed by atoms with van der Waals surface area (Å²) in [5.41, 5.74) is 4.21. The van der Waals surface area contributed by atoms with Crippen LogP contribution in [0.4, 0.5) is 5.69 Å². The Morgan fingerprint density at radius 3 is 2.56 bits per heavy atom. The molecule has 138 valence electrons. The minimum absolute atomic E-state index is 0.872. The molecule has 0 radical (unpaired) electrons. The second-order valence-corrected chi connectivity index (χ2v) is 7.37. The van der Waals surface area contributed by atoms with Crippen molar-refractivity contribution >= 4 is 11.6 Å². The predicted molar refractivity (Wildman–Crippen MR) is 107 cm³/mol. The minimum Gasteiger partial charge on any atom is -0.369 e. The Hall–Kier alpha value is -1.75. The first kappa shape index (κ1) is 18.1. The Bertz CT molecular complexity index is 586. The zero-order valence-electron chi connectivity index (χ0n) is 16.0. The number of hydrogen-bond acceptors (Lipinski definition) is 3. The van der Waals surface area contributed by atoms with E-state index in [4.69, 9.17) is 0 Å². The van der Waals surface area contributed by atoms with Gasteiger partial charge in [-0.15, -0.1) is 0 Å². The molecule has 25 heavy (non-hydrogen) atoms. The van der Waals surface area contributed by atoms with Gasteiger partial charge in [-0.05, 0) is 49.8 Å². The molecular weight excluding hydrogens is 310 g/mol. The zero-order valence-corrected chi connectivity index (χ0v) is 16.0. The maximum atomic E-state index is 4.31. The van der Waals surface area contributed by atoms with Crippen molar-refractivity contribution in [3.63, 3.8) is 0 Å². The number of nitrogens with zero attached hydrogens (tertiary/aromatic N) is 3. The fourth-order valence-corrected chi connectivity index (χ4v) is 3.41. The summed E-state index contributed by atoms with van der Waals surface area (Å²) < 4.78 is 0. The molecule has 2 fully saturated rings. The van der Waals surface area contributed by atoms with E-state index in [1.807, 2.05) is 7.05 Å². The number of aliphatic imine (C=N–C) groups is 1. The van der Waals surface area contributed by atoms with Crippen molar-refractivity contribution in [2.45, 2.75) is 26.7 Å². The number of anilines is 1. The maximum Gasteiger partial charge on any atom is 0.191 e. The first-order chi connectivity index (χ1) is 12.2. The smallest absolute Gasteiger partial charge is 0.191 e. The number of nitrogens with one attached hydrogen (secondary N) is 2. The number of aryl methyl sites for hydroxylation is 1. The van der Waals surface area contributed by atoms with Gasteiger partial charge >= 0.3 is 0 Å². The van der Waals surface area contributed by atoms with E-state index in [1.165, 1.54) is 29.7 Å². The van der Waals surface area contributed by atoms with E-state index in [-0.39, 0.29) is 0 Å². The molecule has 1 aliphatic heterocycles. The second kappa shape index (κ2) is 8.56. The van der Waals surface area contributed by atoms with Crippen LogP contribution in [0.1, 0.15) is 24.0 Å². The van der Waals surface area contributed by atoms with Gasteiger partial charge in [0.2, 0.25) is 0 Å². The SMILES string of the molecule is CN=C(NCCN1CCN(c2cccc(C)c2C)CC1)NCC1CC1. The average Bonchev–Trinajstić information content (AvgIpc) is 3.45. The number of guanidine groups is 1. The van der Waals surface area contributed by atoms with Crippen molar-refractivity contribution in [3.05, 3.63) is 29.3 Å². The van der Waals surface area contributed by atoms with Gasteiger partial charge in [0.25, 0.3) is 0 Å². The van der Waals surface area contributed by atoms with E-state index in [1.54, 1.807) is 0 Å². The summed E-state index contributed by atoms with van der Waals surface area (Å²) in [4.78, 5) is 9.38. The highest BCUT2D eigenvalue weighted by atomic mass is 15.3. The van der Waals surface area contributed by atoms with Crippen LogP contribution in [0.25, 0.3) is 0 Å². The molecule has 1 aromatic carbocycles. The molecular formula is C20H33N5. The van der Waals surface area contributed by atoms with E-state index in [0.717, 1.165) is 57.7 Å². The first-order valence-corrected chi connectivity index (χ1v) is 9.65. The van der Waals surface area contributed by atoms with Crippen molar-refractivity contribution < 1.29 is 0 Å². The third kappa shape index (κ3) is 5.11. The molecule has 2 aliphatic rings. The lowest BCUT2D eigenvalue weighted by atomic mass is 10.1. The van der Waals surface area contributed by atoms with Gasteiger partial charge in [0.05, 0.1) is 0 Å². The van der Waals surface area contributed by atoms with Crippen molar-refractivity contribution in [1.29, 1.82) is 0 Å². The van der Waals surface area contributed by atoms with Crippen LogP contribution in [0.5, 0.6) is 0 Å². The van der Waals surface area contributed by atoms with Crippen LogP contribution in [0.15, 0.2) is 23.2 Å². The van der Waals surface area contributed by atoms with Crippen LogP contribution in [0, 0.1) is 19.8 Å². The van der Waals surface area contributed by atoms with Crippen LogP contribution in [-0.4, -0.2) is 63.7 Å². The van der Waals surface area contributed by atoms with Gasteiger partial charge in [-0.2, -0.15) is 0 Å².